The van der Waals surface area contributed by atoms with Gasteiger partial charge in [0.05, 0.1) is 18.5 Å². The van der Waals surface area contributed by atoms with Crippen LogP contribution in [0.15, 0.2) is 35.7 Å². The summed E-state index contributed by atoms with van der Waals surface area (Å²) >= 11 is 1.36. The van der Waals surface area contributed by atoms with Crippen molar-refractivity contribution in [3.8, 4) is 17.6 Å². The number of hydrogen-bond donors (Lipinski definition) is 2. The summed E-state index contributed by atoms with van der Waals surface area (Å²) in [5, 5.41) is 4.68. The van der Waals surface area contributed by atoms with Crippen LogP contribution in [0.4, 0.5) is 0 Å². The van der Waals surface area contributed by atoms with Gasteiger partial charge in [0.15, 0.2) is 0 Å². The fourth-order valence-electron chi connectivity index (χ4n) is 1.73. The molecule has 2 aromatic rings. The van der Waals surface area contributed by atoms with E-state index in [1.165, 1.54) is 11.3 Å². The predicted octanol–water partition coefficient (Wildman–Crippen LogP) is 2.00. The van der Waals surface area contributed by atoms with Crippen LogP contribution in [0.2, 0.25) is 0 Å². The van der Waals surface area contributed by atoms with Crippen LogP contribution in [0.5, 0.6) is 5.75 Å². The van der Waals surface area contributed by atoms with E-state index in [4.69, 9.17) is 10.5 Å². The fraction of sp³-hybridized carbons (Fsp3) is 0.188. The minimum Gasteiger partial charge on any atom is -0.496 e. The quantitative estimate of drug-likeness (QED) is 0.849. The summed E-state index contributed by atoms with van der Waals surface area (Å²) < 4.78 is 5.07. The molecule has 0 unspecified atom stereocenters. The monoisotopic (exact) mass is 300 g/mol. The lowest BCUT2D eigenvalue weighted by molar-refractivity contribution is 0.0954. The van der Waals surface area contributed by atoms with Gasteiger partial charge in [0.1, 0.15) is 5.75 Å². The first-order valence-corrected chi connectivity index (χ1v) is 7.29. The van der Waals surface area contributed by atoms with E-state index >= 15 is 0 Å². The minimum absolute atomic E-state index is 0.109. The molecule has 21 heavy (non-hydrogen) atoms. The lowest BCUT2D eigenvalue weighted by atomic mass is 10.1. The number of carbonyl (C=O) groups excluding carboxylic acids is 1. The molecular formula is C16H16N2O2S. The van der Waals surface area contributed by atoms with Crippen molar-refractivity contribution in [1.82, 2.24) is 5.32 Å². The third-order valence-electron chi connectivity index (χ3n) is 2.75. The van der Waals surface area contributed by atoms with Crippen LogP contribution in [0.3, 0.4) is 0 Å². The molecule has 0 aliphatic heterocycles. The summed E-state index contributed by atoms with van der Waals surface area (Å²) in [5.41, 5.74) is 7.24. The normalized spacial score (nSPS) is 9.62. The lowest BCUT2D eigenvalue weighted by Gasteiger charge is -2.04. The van der Waals surface area contributed by atoms with E-state index in [1.54, 1.807) is 18.6 Å². The number of nitrogens with two attached hydrogens (primary N) is 1. The zero-order chi connectivity index (χ0) is 15.1. The molecule has 0 fully saturated rings. The number of benzene rings is 1. The molecule has 0 spiro atoms. The number of nitrogens with one attached hydrogen (secondary N) is 1. The number of rotatable bonds is 4. The van der Waals surface area contributed by atoms with Crippen molar-refractivity contribution < 1.29 is 9.53 Å². The number of thiophene rings is 1. The van der Waals surface area contributed by atoms with Crippen LogP contribution in [0, 0.1) is 11.8 Å². The van der Waals surface area contributed by atoms with Gasteiger partial charge in [-0.05, 0) is 17.7 Å². The maximum atomic E-state index is 12.0. The van der Waals surface area contributed by atoms with E-state index < -0.39 is 0 Å². The number of methoxy groups -OCH3 is 1. The summed E-state index contributed by atoms with van der Waals surface area (Å²) in [5.74, 6) is 6.37. The Morgan fingerprint density at radius 3 is 3.00 bits per heavy atom. The molecule has 1 aromatic heterocycles. The van der Waals surface area contributed by atoms with Gasteiger partial charge in [-0.25, -0.2) is 0 Å². The van der Waals surface area contributed by atoms with Crippen molar-refractivity contribution in [2.45, 2.75) is 6.54 Å². The Balaban J connectivity index is 1.97. The Morgan fingerprint density at radius 2 is 2.29 bits per heavy atom. The molecule has 4 nitrogen and oxygen atoms in total. The van der Waals surface area contributed by atoms with Crippen molar-refractivity contribution in [3.05, 3.63) is 51.7 Å². The molecule has 0 radical (unpaired) electrons. The van der Waals surface area contributed by atoms with Crippen molar-refractivity contribution >= 4 is 17.2 Å². The molecule has 5 heteroatoms. The molecule has 1 amide bonds. The average molecular weight is 300 g/mol. The first-order chi connectivity index (χ1) is 10.2. The molecule has 3 N–H and O–H groups in total. The van der Waals surface area contributed by atoms with Gasteiger partial charge < -0.3 is 15.8 Å². The Morgan fingerprint density at radius 1 is 1.43 bits per heavy atom. The van der Waals surface area contributed by atoms with Crippen molar-refractivity contribution in [2.24, 2.45) is 5.73 Å². The van der Waals surface area contributed by atoms with Gasteiger partial charge in [-0.1, -0.05) is 24.0 Å². The van der Waals surface area contributed by atoms with Crippen LogP contribution in [0.25, 0.3) is 0 Å². The molecule has 0 aliphatic carbocycles. The SMILES string of the molecule is COc1csc(C(=O)NCc2cccc(C#CCN)c2)c1. The van der Waals surface area contributed by atoms with Gasteiger partial charge in [0.25, 0.3) is 5.91 Å². The molecule has 0 aliphatic rings. The second-order valence-corrected chi connectivity index (χ2v) is 5.15. The highest BCUT2D eigenvalue weighted by Gasteiger charge is 2.09. The number of carbonyl (C=O) groups is 1. The number of ether oxygens (including phenoxy) is 1. The Hall–Kier alpha value is -2.29. The van der Waals surface area contributed by atoms with Gasteiger partial charge in [-0.15, -0.1) is 11.3 Å². The number of amides is 1. The summed E-state index contributed by atoms with van der Waals surface area (Å²) in [4.78, 5) is 12.6. The van der Waals surface area contributed by atoms with Gasteiger partial charge in [0, 0.05) is 23.6 Å². The lowest BCUT2D eigenvalue weighted by Crippen LogP contribution is -2.21. The van der Waals surface area contributed by atoms with E-state index in [9.17, 15) is 4.79 Å². The summed E-state index contributed by atoms with van der Waals surface area (Å²) in [6.45, 7) is 0.790. The second kappa shape index (κ2) is 7.48. The third-order valence-corrected chi connectivity index (χ3v) is 3.66. The Labute approximate surface area is 127 Å². The second-order valence-electron chi connectivity index (χ2n) is 4.24. The molecule has 2 rings (SSSR count). The van der Waals surface area contributed by atoms with Gasteiger partial charge >= 0.3 is 0 Å². The average Bonchev–Trinajstić information content (AvgIpc) is 3.00. The zero-order valence-electron chi connectivity index (χ0n) is 11.7. The Bertz CT molecular complexity index is 683. The van der Waals surface area contributed by atoms with E-state index in [1.807, 2.05) is 24.3 Å². The van der Waals surface area contributed by atoms with Crippen LogP contribution < -0.4 is 15.8 Å². The maximum absolute atomic E-state index is 12.0. The molecule has 1 heterocycles. The summed E-state index contributed by atoms with van der Waals surface area (Å²) in [6.07, 6.45) is 0. The van der Waals surface area contributed by atoms with Crippen LogP contribution in [0.1, 0.15) is 20.8 Å². The van der Waals surface area contributed by atoms with E-state index in [2.05, 4.69) is 17.2 Å². The highest BCUT2D eigenvalue weighted by atomic mass is 32.1. The first kappa shape index (κ1) is 15.1. The number of hydrogen-bond acceptors (Lipinski definition) is 4. The third kappa shape index (κ3) is 4.35. The molecule has 0 atom stereocenters. The molecule has 108 valence electrons. The van der Waals surface area contributed by atoms with Crippen molar-refractivity contribution in [2.75, 3.05) is 13.7 Å². The van der Waals surface area contributed by atoms with E-state index in [-0.39, 0.29) is 5.91 Å². The Kier molecular flexibility index (Phi) is 5.38. The highest BCUT2D eigenvalue weighted by Crippen LogP contribution is 2.20. The molecule has 0 saturated heterocycles. The predicted molar refractivity (Wildman–Crippen MR) is 84.4 cm³/mol. The zero-order valence-corrected chi connectivity index (χ0v) is 12.5. The largest absolute Gasteiger partial charge is 0.496 e. The van der Waals surface area contributed by atoms with E-state index in [0.717, 1.165) is 11.1 Å². The molecular weight excluding hydrogens is 284 g/mol. The molecule has 0 saturated carbocycles. The summed E-state index contributed by atoms with van der Waals surface area (Å²) in [7, 11) is 1.58. The van der Waals surface area contributed by atoms with Crippen LogP contribution in [-0.2, 0) is 6.54 Å². The standard InChI is InChI=1S/C16H16N2O2S/c1-20-14-9-15(21-11-14)16(19)18-10-13-5-2-4-12(8-13)6-3-7-17/h2,4-5,8-9,11H,7,10,17H2,1H3,(H,18,19). The molecule has 1 aromatic carbocycles. The summed E-state index contributed by atoms with van der Waals surface area (Å²) in [6, 6.07) is 9.44. The first-order valence-electron chi connectivity index (χ1n) is 6.41. The smallest absolute Gasteiger partial charge is 0.261 e. The van der Waals surface area contributed by atoms with Gasteiger partial charge in [-0.2, -0.15) is 0 Å². The molecule has 0 bridgehead atoms. The van der Waals surface area contributed by atoms with Crippen LogP contribution >= 0.6 is 11.3 Å². The fourth-order valence-corrected chi connectivity index (χ4v) is 2.50. The van der Waals surface area contributed by atoms with Gasteiger partial charge in [0.2, 0.25) is 0 Å². The van der Waals surface area contributed by atoms with Gasteiger partial charge in [-0.3, -0.25) is 4.79 Å². The van der Waals surface area contributed by atoms with Crippen molar-refractivity contribution in [3.63, 3.8) is 0 Å². The highest BCUT2D eigenvalue weighted by molar-refractivity contribution is 7.12. The van der Waals surface area contributed by atoms with Crippen molar-refractivity contribution in [1.29, 1.82) is 0 Å². The topological polar surface area (TPSA) is 64.3 Å². The minimum atomic E-state index is -0.109. The maximum Gasteiger partial charge on any atom is 0.261 e. The van der Waals surface area contributed by atoms with E-state index in [0.29, 0.717) is 23.7 Å². The van der Waals surface area contributed by atoms with Crippen LogP contribution in [-0.4, -0.2) is 19.6 Å².